The molecule has 102 valence electrons. The second-order valence-electron chi connectivity index (χ2n) is 4.07. The van der Waals surface area contributed by atoms with E-state index >= 15 is 0 Å². The molecule has 0 aliphatic heterocycles. The average molecular weight is 369 g/mol. The minimum Gasteiger partial charge on any atom is -0.377 e. The second kappa shape index (κ2) is 5.20. The molecular weight excluding hydrogens is 360 g/mol. The minimum atomic E-state index is -3.77. The summed E-state index contributed by atoms with van der Waals surface area (Å²) >= 11 is 4.54. The Hall–Kier alpha value is -1.37. The van der Waals surface area contributed by atoms with Gasteiger partial charge in [-0.1, -0.05) is 36.4 Å². The Kier molecular flexibility index (Phi) is 3.54. The van der Waals surface area contributed by atoms with Gasteiger partial charge < -0.3 is 4.18 Å². The molecule has 0 atom stereocenters. The van der Waals surface area contributed by atoms with Crippen LogP contribution in [-0.4, -0.2) is 8.42 Å². The smallest absolute Gasteiger partial charge is 0.348 e. The molecule has 0 N–H and O–H groups in total. The van der Waals surface area contributed by atoms with Crippen LogP contribution in [-0.2, 0) is 10.1 Å². The molecule has 0 bridgehead atoms. The van der Waals surface area contributed by atoms with Crippen LogP contribution in [0.15, 0.2) is 62.6 Å². The molecule has 0 amide bonds. The lowest BCUT2D eigenvalue weighted by Crippen LogP contribution is -2.08. The standard InChI is InChI=1S/C14H9BrO3S2/c15-14-11-5-2-1-4-10(11)7-8-12(14)18-20(16,17)13-6-3-9-19-13/h1-9H. The van der Waals surface area contributed by atoms with E-state index in [0.717, 1.165) is 22.1 Å². The van der Waals surface area contributed by atoms with Crippen molar-refractivity contribution >= 4 is 48.2 Å². The van der Waals surface area contributed by atoms with E-state index < -0.39 is 10.1 Å². The molecule has 0 spiro atoms. The first-order chi connectivity index (χ1) is 9.58. The number of halogens is 1. The molecule has 0 radical (unpaired) electrons. The summed E-state index contributed by atoms with van der Waals surface area (Å²) in [5, 5.41) is 3.62. The molecule has 0 unspecified atom stereocenters. The van der Waals surface area contributed by atoms with E-state index in [2.05, 4.69) is 15.9 Å². The van der Waals surface area contributed by atoms with Crippen LogP contribution in [0.2, 0.25) is 0 Å². The molecule has 0 aliphatic rings. The molecule has 3 rings (SSSR count). The fourth-order valence-electron chi connectivity index (χ4n) is 1.84. The number of thiophene rings is 1. The predicted molar refractivity (Wildman–Crippen MR) is 83.8 cm³/mol. The predicted octanol–water partition coefficient (Wildman–Crippen LogP) is 4.43. The van der Waals surface area contributed by atoms with Gasteiger partial charge in [-0.05, 0) is 44.2 Å². The third kappa shape index (κ3) is 2.46. The van der Waals surface area contributed by atoms with Gasteiger partial charge in [0.05, 0.1) is 4.47 Å². The summed E-state index contributed by atoms with van der Waals surface area (Å²) in [6.45, 7) is 0. The third-order valence-electron chi connectivity index (χ3n) is 2.77. The van der Waals surface area contributed by atoms with Gasteiger partial charge in [0, 0.05) is 0 Å². The van der Waals surface area contributed by atoms with E-state index in [9.17, 15) is 8.42 Å². The van der Waals surface area contributed by atoms with Gasteiger partial charge >= 0.3 is 10.1 Å². The molecule has 0 saturated carbocycles. The average Bonchev–Trinajstić information content (AvgIpc) is 2.97. The van der Waals surface area contributed by atoms with E-state index in [1.165, 1.54) is 6.07 Å². The number of hydrogen-bond donors (Lipinski definition) is 0. The van der Waals surface area contributed by atoms with Gasteiger partial charge in [-0.15, -0.1) is 11.3 Å². The summed E-state index contributed by atoms with van der Waals surface area (Å²) in [6, 6.07) is 14.4. The van der Waals surface area contributed by atoms with Crippen molar-refractivity contribution < 1.29 is 12.6 Å². The number of benzene rings is 2. The van der Waals surface area contributed by atoms with Crippen LogP contribution in [0.1, 0.15) is 0 Å². The van der Waals surface area contributed by atoms with Gasteiger partial charge in [0.1, 0.15) is 0 Å². The molecule has 1 aromatic heterocycles. The maximum Gasteiger partial charge on any atom is 0.348 e. The maximum absolute atomic E-state index is 12.1. The molecule has 0 aliphatic carbocycles. The van der Waals surface area contributed by atoms with E-state index in [0.29, 0.717) is 4.47 Å². The van der Waals surface area contributed by atoms with E-state index in [4.69, 9.17) is 4.18 Å². The first-order valence-corrected chi connectivity index (χ1v) is 8.81. The lowest BCUT2D eigenvalue weighted by molar-refractivity contribution is 0.487. The minimum absolute atomic E-state index is 0.192. The van der Waals surface area contributed by atoms with E-state index in [1.54, 1.807) is 17.5 Å². The van der Waals surface area contributed by atoms with Crippen molar-refractivity contribution in [3.8, 4) is 5.75 Å². The molecule has 6 heteroatoms. The Balaban J connectivity index is 2.06. The van der Waals surface area contributed by atoms with Crippen LogP contribution >= 0.6 is 27.3 Å². The Morgan fingerprint density at radius 3 is 2.55 bits per heavy atom. The highest BCUT2D eigenvalue weighted by atomic mass is 79.9. The van der Waals surface area contributed by atoms with Crippen LogP contribution in [0.5, 0.6) is 5.75 Å². The summed E-state index contributed by atoms with van der Waals surface area (Å²) in [7, 11) is -3.77. The lowest BCUT2D eigenvalue weighted by atomic mass is 10.1. The van der Waals surface area contributed by atoms with Gasteiger partial charge in [0.2, 0.25) is 0 Å². The molecule has 1 heterocycles. The Labute approximate surface area is 129 Å². The van der Waals surface area contributed by atoms with Crippen molar-refractivity contribution in [2.24, 2.45) is 0 Å². The Morgan fingerprint density at radius 1 is 1.00 bits per heavy atom. The highest BCUT2D eigenvalue weighted by Crippen LogP contribution is 2.35. The molecule has 0 saturated heterocycles. The van der Waals surface area contributed by atoms with Crippen molar-refractivity contribution in [1.29, 1.82) is 0 Å². The van der Waals surface area contributed by atoms with Crippen molar-refractivity contribution in [1.82, 2.24) is 0 Å². The third-order valence-corrected chi connectivity index (χ3v) is 6.18. The van der Waals surface area contributed by atoms with Gasteiger partial charge in [0.15, 0.2) is 9.96 Å². The van der Waals surface area contributed by atoms with Gasteiger partial charge in [-0.25, -0.2) is 0 Å². The Bertz CT molecular complexity index is 855. The van der Waals surface area contributed by atoms with Crippen molar-refractivity contribution in [3.63, 3.8) is 0 Å². The zero-order chi connectivity index (χ0) is 14.2. The molecule has 2 aromatic carbocycles. The summed E-state index contributed by atoms with van der Waals surface area (Å²) in [4.78, 5) is 0. The highest BCUT2D eigenvalue weighted by molar-refractivity contribution is 9.10. The summed E-state index contributed by atoms with van der Waals surface area (Å²) in [5.41, 5.74) is 0. The van der Waals surface area contributed by atoms with Crippen LogP contribution in [0.4, 0.5) is 0 Å². The van der Waals surface area contributed by atoms with E-state index in [1.807, 2.05) is 30.3 Å². The summed E-state index contributed by atoms with van der Waals surface area (Å²) in [5.74, 6) is 0.289. The molecule has 3 aromatic rings. The topological polar surface area (TPSA) is 43.4 Å². The molecule has 0 fully saturated rings. The fourth-order valence-corrected chi connectivity index (χ4v) is 4.42. The lowest BCUT2D eigenvalue weighted by Gasteiger charge is -2.09. The summed E-state index contributed by atoms with van der Waals surface area (Å²) in [6.07, 6.45) is 0. The van der Waals surface area contributed by atoms with Crippen LogP contribution in [0.25, 0.3) is 10.8 Å². The molecular formula is C14H9BrO3S2. The SMILES string of the molecule is O=S(=O)(Oc1ccc2ccccc2c1Br)c1cccs1. The van der Waals surface area contributed by atoms with Gasteiger partial charge in [-0.2, -0.15) is 8.42 Å². The van der Waals surface area contributed by atoms with Crippen LogP contribution in [0.3, 0.4) is 0 Å². The first-order valence-electron chi connectivity index (χ1n) is 5.73. The normalized spacial score (nSPS) is 11.7. The van der Waals surface area contributed by atoms with Crippen molar-refractivity contribution in [2.75, 3.05) is 0 Å². The monoisotopic (exact) mass is 368 g/mol. The molecule has 3 nitrogen and oxygen atoms in total. The van der Waals surface area contributed by atoms with Crippen molar-refractivity contribution in [2.45, 2.75) is 4.21 Å². The van der Waals surface area contributed by atoms with Gasteiger partial charge in [-0.3, -0.25) is 0 Å². The van der Waals surface area contributed by atoms with Crippen LogP contribution in [0, 0.1) is 0 Å². The quantitative estimate of drug-likeness (QED) is 0.642. The fraction of sp³-hybridized carbons (Fsp3) is 0. The van der Waals surface area contributed by atoms with Crippen LogP contribution < -0.4 is 4.18 Å². The molecule has 20 heavy (non-hydrogen) atoms. The maximum atomic E-state index is 12.1. The van der Waals surface area contributed by atoms with Crippen molar-refractivity contribution in [3.05, 3.63) is 58.4 Å². The zero-order valence-corrected chi connectivity index (χ0v) is 13.3. The van der Waals surface area contributed by atoms with Gasteiger partial charge in [0.25, 0.3) is 0 Å². The number of hydrogen-bond acceptors (Lipinski definition) is 4. The Morgan fingerprint density at radius 2 is 1.80 bits per heavy atom. The number of fused-ring (bicyclic) bond motifs is 1. The highest BCUT2D eigenvalue weighted by Gasteiger charge is 2.19. The summed E-state index contributed by atoms with van der Waals surface area (Å²) < 4.78 is 30.3. The second-order valence-corrected chi connectivity index (χ2v) is 7.58. The largest absolute Gasteiger partial charge is 0.377 e. The number of rotatable bonds is 3. The zero-order valence-electron chi connectivity index (χ0n) is 10.1. The van der Waals surface area contributed by atoms with E-state index in [-0.39, 0.29) is 9.96 Å². The first kappa shape index (κ1) is 13.6.